The van der Waals surface area contributed by atoms with Crippen molar-refractivity contribution in [2.75, 3.05) is 0 Å². The number of fused-ring (bicyclic) bond motifs is 13. The lowest BCUT2D eigenvalue weighted by atomic mass is 9.89. The van der Waals surface area contributed by atoms with Crippen molar-refractivity contribution in [2.24, 2.45) is 0 Å². The van der Waals surface area contributed by atoms with Gasteiger partial charge in [-0.3, -0.25) is 0 Å². The molecule has 0 amide bonds. The Morgan fingerprint density at radius 1 is 0.281 bits per heavy atom. The molecule has 268 valence electrons. The van der Waals surface area contributed by atoms with Gasteiger partial charge in [-0.1, -0.05) is 0 Å². The van der Waals surface area contributed by atoms with E-state index in [0.717, 1.165) is 11.0 Å². The summed E-state index contributed by atoms with van der Waals surface area (Å²) in [7, 11) is 0. The molecule has 0 fully saturated rings. The van der Waals surface area contributed by atoms with Crippen LogP contribution in [-0.4, -0.2) is 8.75 Å². The maximum Gasteiger partial charge on any atom is 0.114 e. The predicted molar refractivity (Wildman–Crippen MR) is 262 cm³/mol. The fourth-order valence-corrected chi connectivity index (χ4v) is 17.0. The molecule has 0 aliphatic rings. The molecule has 0 saturated carbocycles. The van der Waals surface area contributed by atoms with Gasteiger partial charge in [0.2, 0.25) is 0 Å². The van der Waals surface area contributed by atoms with Crippen LogP contribution in [0.5, 0.6) is 0 Å². The Hall–Kier alpha value is -4.40. The maximum atomic E-state index is 5.25. The number of aromatic nitrogens is 2. The zero-order valence-corrected chi connectivity index (χ0v) is 36.5. The minimum atomic E-state index is 0.986. The Balaban J connectivity index is 1.19. The van der Waals surface area contributed by atoms with Crippen LogP contribution in [0.15, 0.2) is 119 Å². The van der Waals surface area contributed by atoms with Gasteiger partial charge in [-0.05, 0) is 119 Å². The summed E-state index contributed by atoms with van der Waals surface area (Å²) in [5.74, 6) is 0. The summed E-state index contributed by atoms with van der Waals surface area (Å²) in [4.78, 5) is 5.00. The van der Waals surface area contributed by atoms with E-state index in [4.69, 9.17) is 8.75 Å². The third kappa shape index (κ3) is 4.63. The topological polar surface area (TPSA) is 25.8 Å². The van der Waals surface area contributed by atoms with Gasteiger partial charge in [0.1, 0.15) is 11.0 Å². The van der Waals surface area contributed by atoms with Crippen LogP contribution in [0.4, 0.5) is 0 Å². The Morgan fingerprint density at radius 3 is 0.877 bits per heavy atom. The molecule has 0 N–H and O–H groups in total. The quantitative estimate of drug-likeness (QED) is 0.176. The molecule has 2 nitrogen and oxygen atoms in total. The summed E-state index contributed by atoms with van der Waals surface area (Å²) < 4.78 is 21.0. The fourth-order valence-electron chi connectivity index (χ4n) is 8.72. The molecule has 57 heavy (non-hydrogen) atoms. The molecule has 0 aliphatic heterocycles. The zero-order valence-electron chi connectivity index (χ0n) is 29.1. The number of hydrogen-bond acceptors (Lipinski definition) is 11. The van der Waals surface area contributed by atoms with Gasteiger partial charge in [0, 0.05) is 122 Å². The van der Waals surface area contributed by atoms with Crippen LogP contribution < -0.4 is 0 Å². The molecule has 14 aromatic rings. The second kappa shape index (κ2) is 12.1. The number of nitrogens with zero attached hydrogens (tertiary/aromatic N) is 2. The van der Waals surface area contributed by atoms with E-state index in [1.807, 2.05) is 90.7 Å². The van der Waals surface area contributed by atoms with Crippen LogP contribution >= 0.6 is 102 Å². The molecule has 9 heterocycles. The maximum absolute atomic E-state index is 5.25. The van der Waals surface area contributed by atoms with Gasteiger partial charge in [-0.2, -0.15) is 8.75 Å². The van der Waals surface area contributed by atoms with Gasteiger partial charge in [0.05, 0.1) is 11.7 Å². The number of rotatable bonds is 4. The highest BCUT2D eigenvalue weighted by atomic mass is 32.1. The molecule has 0 aliphatic carbocycles. The average molecular weight is 889 g/mol. The first-order chi connectivity index (χ1) is 28.2. The van der Waals surface area contributed by atoms with E-state index in [2.05, 4.69) is 119 Å². The van der Waals surface area contributed by atoms with E-state index >= 15 is 0 Å². The zero-order chi connectivity index (χ0) is 36.9. The van der Waals surface area contributed by atoms with Gasteiger partial charge in [-0.15, -0.1) is 90.7 Å². The van der Waals surface area contributed by atoms with E-state index < -0.39 is 0 Å². The summed E-state index contributed by atoms with van der Waals surface area (Å²) >= 11 is 16.2. The van der Waals surface area contributed by atoms with Gasteiger partial charge in [0.15, 0.2) is 0 Å². The molecule has 0 atom stereocenters. The Bertz CT molecular complexity index is 3700. The van der Waals surface area contributed by atoms with Crippen LogP contribution in [0, 0.1) is 0 Å². The van der Waals surface area contributed by atoms with Crippen molar-refractivity contribution in [2.45, 2.75) is 0 Å². The van der Waals surface area contributed by atoms with Crippen molar-refractivity contribution in [3.63, 3.8) is 0 Å². The van der Waals surface area contributed by atoms with E-state index in [0.29, 0.717) is 0 Å². The van der Waals surface area contributed by atoms with Gasteiger partial charge in [-0.25, -0.2) is 0 Å². The summed E-state index contributed by atoms with van der Waals surface area (Å²) in [5.41, 5.74) is 6.87. The molecule has 0 spiro atoms. The third-order valence-electron chi connectivity index (χ3n) is 11.2. The molecule has 11 heteroatoms. The number of hydrogen-bond donors (Lipinski definition) is 0. The second-order valence-corrected chi connectivity index (χ2v) is 22.8. The summed E-state index contributed by atoms with van der Waals surface area (Å²) in [6.07, 6.45) is 0. The highest BCUT2D eigenvalue weighted by molar-refractivity contribution is 7.26. The van der Waals surface area contributed by atoms with Crippen LogP contribution in [0.25, 0.3) is 133 Å². The van der Waals surface area contributed by atoms with E-state index in [9.17, 15) is 0 Å². The first-order valence-electron chi connectivity index (χ1n) is 18.1. The lowest BCUT2D eigenvalue weighted by Gasteiger charge is -2.18. The normalized spacial score (nSPS) is 12.6. The summed E-state index contributed by atoms with van der Waals surface area (Å²) in [6, 6.07) is 37.4. The Kier molecular flexibility index (Phi) is 6.89. The average Bonchev–Trinajstić information content (AvgIpc) is 4.05. The van der Waals surface area contributed by atoms with E-state index in [1.54, 1.807) is 0 Å². The predicted octanol–water partition coefficient (Wildman–Crippen LogP) is 18.1. The highest BCUT2D eigenvalue weighted by Gasteiger charge is 2.30. The monoisotopic (exact) mass is 888 g/mol. The van der Waals surface area contributed by atoms with Crippen LogP contribution in [0.1, 0.15) is 0 Å². The van der Waals surface area contributed by atoms with Crippen LogP contribution in [0.2, 0.25) is 0 Å². The molecule has 0 saturated heterocycles. The van der Waals surface area contributed by atoms with Gasteiger partial charge < -0.3 is 0 Å². The van der Waals surface area contributed by atoms with Crippen LogP contribution in [0.3, 0.4) is 0 Å². The minimum absolute atomic E-state index is 0.986. The molecule has 9 aromatic heterocycles. The van der Waals surface area contributed by atoms with Crippen molar-refractivity contribution in [3.8, 4) is 41.8 Å². The van der Waals surface area contributed by atoms with Crippen LogP contribution in [-0.2, 0) is 0 Å². The number of benzene rings is 5. The smallest absolute Gasteiger partial charge is 0.114 e. The summed E-state index contributed by atoms with van der Waals surface area (Å²) in [6.45, 7) is 0. The lowest BCUT2D eigenvalue weighted by Crippen LogP contribution is -1.93. The first-order valence-corrected chi connectivity index (χ1v) is 25.7. The van der Waals surface area contributed by atoms with Crippen molar-refractivity contribution in [3.05, 3.63) is 119 Å². The standard InChI is InChI=1S/C46H20N2S9/c1-5-33-25(21-9-13-49-29(1)21)17-37(53-33)41-42(38-18-26-22-10-14-50-30(22)2-6-34(26)54-38)44(40-20-28-24-12-16-52-32(24)4-8-36(28)56-40)46-45(47-57-48-46)43(41)39-19-27-23-11-15-51-31(23)3-7-35(27)55-39/h1-20H. The molecular formula is C46H20N2S9. The largest absolute Gasteiger partial charge is 0.172 e. The molecule has 14 rings (SSSR count). The van der Waals surface area contributed by atoms with Crippen molar-refractivity contribution < 1.29 is 0 Å². The highest BCUT2D eigenvalue weighted by Crippen LogP contribution is 2.57. The SMILES string of the molecule is c1cc2c(ccc3sc(-c4c(-c5cc6c(ccc7sccc76)s5)c(-c5cc6c(ccc7sccc76)s5)c5nsnc5c4-c4cc5c(ccc6sccc65)s4)cc32)s1. The Labute approximate surface area is 359 Å². The molecule has 0 bridgehead atoms. The molecule has 5 aromatic carbocycles. The molecule has 0 unspecified atom stereocenters. The van der Waals surface area contributed by atoms with Crippen molar-refractivity contribution >= 4 is 194 Å². The number of thiophene rings is 8. The third-order valence-corrected chi connectivity index (χ3v) is 19.8. The van der Waals surface area contributed by atoms with E-state index in [1.165, 1.54) is 134 Å². The second-order valence-electron chi connectivity index (χ2n) is 14.1. The minimum Gasteiger partial charge on any atom is -0.172 e. The van der Waals surface area contributed by atoms with Crippen molar-refractivity contribution in [1.82, 2.24) is 8.75 Å². The molecule has 0 radical (unpaired) electrons. The summed E-state index contributed by atoms with van der Waals surface area (Å²) in [5, 5.41) is 19.4. The van der Waals surface area contributed by atoms with E-state index in [-0.39, 0.29) is 0 Å². The first kappa shape index (κ1) is 32.5. The fraction of sp³-hybridized carbons (Fsp3) is 0. The van der Waals surface area contributed by atoms with Crippen molar-refractivity contribution in [1.29, 1.82) is 0 Å². The van der Waals surface area contributed by atoms with Gasteiger partial charge in [0.25, 0.3) is 0 Å². The Morgan fingerprint density at radius 2 is 0.561 bits per heavy atom. The molecular weight excluding hydrogens is 869 g/mol. The lowest BCUT2D eigenvalue weighted by molar-refractivity contribution is 1.63. The van der Waals surface area contributed by atoms with Gasteiger partial charge >= 0.3 is 0 Å².